The van der Waals surface area contributed by atoms with Crippen LogP contribution in [-0.4, -0.2) is 43.5 Å². The van der Waals surface area contributed by atoms with E-state index in [-0.39, 0.29) is 6.54 Å². The molecule has 3 aromatic carbocycles. The molecule has 1 heterocycles. The normalized spacial score (nSPS) is 11.3. The second-order valence-corrected chi connectivity index (χ2v) is 12.5. The van der Waals surface area contributed by atoms with Crippen molar-refractivity contribution in [3.8, 4) is 11.5 Å². The van der Waals surface area contributed by atoms with Crippen molar-refractivity contribution in [3.63, 3.8) is 0 Å². The van der Waals surface area contributed by atoms with Crippen molar-refractivity contribution >= 4 is 46.8 Å². The van der Waals surface area contributed by atoms with E-state index in [2.05, 4.69) is 29.6 Å². The van der Waals surface area contributed by atoms with Crippen molar-refractivity contribution in [1.29, 1.82) is 0 Å². The second-order valence-electron chi connectivity index (χ2n) is 7.62. The molecule has 0 spiro atoms. The van der Waals surface area contributed by atoms with Gasteiger partial charge in [0.1, 0.15) is 6.54 Å². The molecule has 6 heteroatoms. The number of nitrogens with zero attached hydrogens (tertiary/aromatic N) is 1. The predicted octanol–water partition coefficient (Wildman–Crippen LogP) is 4.69. The number of fused-ring (bicyclic) bond motifs is 3. The summed E-state index contributed by atoms with van der Waals surface area (Å²) in [5.74, 6) is 0.783. The number of carboxylic acid groups (broad SMARTS) is 1. The van der Waals surface area contributed by atoms with Gasteiger partial charge >= 0.3 is 135 Å². The van der Waals surface area contributed by atoms with Crippen molar-refractivity contribution in [2.24, 2.45) is 0 Å². The van der Waals surface area contributed by atoms with E-state index in [0.29, 0.717) is 13.2 Å². The molecular formula is C25H26AsNO4. The molecule has 4 aromatic rings. The number of carbonyl (C=O) groups is 1. The number of hydrogen-bond acceptors (Lipinski definition) is 3. The van der Waals surface area contributed by atoms with Crippen molar-refractivity contribution < 1.29 is 19.4 Å². The molecule has 31 heavy (non-hydrogen) atoms. The van der Waals surface area contributed by atoms with Crippen LogP contribution in [0.5, 0.6) is 11.5 Å². The van der Waals surface area contributed by atoms with Gasteiger partial charge in [0.15, 0.2) is 0 Å². The number of rotatable bonds is 9. The van der Waals surface area contributed by atoms with Gasteiger partial charge in [0.2, 0.25) is 0 Å². The molecule has 0 atom stereocenters. The van der Waals surface area contributed by atoms with Gasteiger partial charge in [0.25, 0.3) is 0 Å². The standard InChI is InChI=1S/C25H26AsNO4/c1-26(2)18-7-5-8-19(15-18)30-13-6-14-31-20-11-12-22-21-9-3-4-10-23(21)27(17-25(28)29)24(22)16-20/h3-5,7-12,15-16H,6,13-14,17H2,1-2H3,(H,28,29). The van der Waals surface area contributed by atoms with Crippen LogP contribution in [0, 0.1) is 0 Å². The predicted molar refractivity (Wildman–Crippen MR) is 126 cm³/mol. The van der Waals surface area contributed by atoms with Gasteiger partial charge in [-0.1, -0.05) is 18.2 Å². The van der Waals surface area contributed by atoms with Gasteiger partial charge < -0.3 is 5.11 Å². The van der Waals surface area contributed by atoms with Crippen LogP contribution < -0.4 is 13.8 Å². The first kappa shape index (κ1) is 21.3. The molecule has 0 radical (unpaired) electrons. The van der Waals surface area contributed by atoms with Gasteiger partial charge in [-0.05, 0) is 6.07 Å². The molecule has 0 aliphatic rings. The Morgan fingerprint density at radius 2 is 1.58 bits per heavy atom. The Balaban J connectivity index is 1.42. The molecule has 160 valence electrons. The van der Waals surface area contributed by atoms with Crippen molar-refractivity contribution in [1.82, 2.24) is 4.57 Å². The zero-order valence-electron chi connectivity index (χ0n) is 17.7. The average Bonchev–Trinajstić information content (AvgIpc) is 3.06. The molecule has 1 N–H and O–H groups in total. The van der Waals surface area contributed by atoms with E-state index in [9.17, 15) is 9.90 Å². The summed E-state index contributed by atoms with van der Waals surface area (Å²) in [5.41, 5.74) is 6.41. The summed E-state index contributed by atoms with van der Waals surface area (Å²) in [4.78, 5) is 11.4. The third kappa shape index (κ3) is 4.88. The molecule has 0 saturated carbocycles. The number of carboxylic acids is 1. The number of aliphatic carboxylic acids is 1. The Morgan fingerprint density at radius 3 is 2.32 bits per heavy atom. The Bertz CT molecular complexity index is 1210. The number of hydrogen-bond donors (Lipinski definition) is 1. The quantitative estimate of drug-likeness (QED) is 0.280. The fourth-order valence-electron chi connectivity index (χ4n) is 3.71. The van der Waals surface area contributed by atoms with Crippen LogP contribution in [0.25, 0.3) is 21.8 Å². The number of aromatic nitrogens is 1. The van der Waals surface area contributed by atoms with Gasteiger partial charge in [-0.15, -0.1) is 0 Å². The minimum absolute atomic E-state index is 0.0836. The molecule has 0 saturated heterocycles. The summed E-state index contributed by atoms with van der Waals surface area (Å²) in [6.45, 7) is 1.04. The summed E-state index contributed by atoms with van der Waals surface area (Å²) in [7, 11) is 0. The molecule has 0 fully saturated rings. The SMILES string of the molecule is C[As](C)c1cccc(OCCCOc2ccc3c4ccccc4n(CC(=O)O)c3c2)c1. The molecule has 0 amide bonds. The van der Waals surface area contributed by atoms with Crippen LogP contribution in [0.1, 0.15) is 6.42 Å². The zero-order chi connectivity index (χ0) is 21.8. The monoisotopic (exact) mass is 479 g/mol. The van der Waals surface area contributed by atoms with Gasteiger partial charge in [-0.3, -0.25) is 4.79 Å². The molecule has 4 rings (SSSR count). The van der Waals surface area contributed by atoms with E-state index in [1.165, 1.54) is 4.35 Å². The van der Waals surface area contributed by atoms with Crippen LogP contribution in [0.4, 0.5) is 0 Å². The van der Waals surface area contributed by atoms with Crippen molar-refractivity contribution in [2.75, 3.05) is 13.2 Å². The zero-order valence-corrected chi connectivity index (χ0v) is 19.6. The van der Waals surface area contributed by atoms with Gasteiger partial charge in [-0.25, -0.2) is 0 Å². The molecular weight excluding hydrogens is 453 g/mol. The van der Waals surface area contributed by atoms with Crippen LogP contribution in [-0.2, 0) is 11.3 Å². The van der Waals surface area contributed by atoms with E-state index in [4.69, 9.17) is 9.47 Å². The first-order valence-corrected chi connectivity index (χ1v) is 15.0. The van der Waals surface area contributed by atoms with E-state index < -0.39 is 20.6 Å². The van der Waals surface area contributed by atoms with E-state index in [0.717, 1.165) is 39.7 Å². The van der Waals surface area contributed by atoms with Crippen LogP contribution in [0.3, 0.4) is 0 Å². The topological polar surface area (TPSA) is 60.7 Å². The van der Waals surface area contributed by atoms with E-state index >= 15 is 0 Å². The molecule has 0 aliphatic carbocycles. The number of para-hydroxylation sites is 1. The summed E-state index contributed by atoms with van der Waals surface area (Å²) in [6, 6.07) is 22.1. The Labute approximate surface area is 186 Å². The molecule has 1 aromatic heterocycles. The average molecular weight is 479 g/mol. The summed E-state index contributed by atoms with van der Waals surface area (Å²) in [6.07, 6.45) is 0.764. The first-order valence-electron chi connectivity index (χ1n) is 10.3. The van der Waals surface area contributed by atoms with E-state index in [1.807, 2.05) is 53.1 Å². The summed E-state index contributed by atoms with van der Waals surface area (Å²) in [5, 5.41) is 11.4. The Hall–Kier alpha value is -2.91. The van der Waals surface area contributed by atoms with Gasteiger partial charge in [0.05, 0.1) is 0 Å². The fourth-order valence-corrected chi connectivity index (χ4v) is 5.33. The molecule has 5 nitrogen and oxygen atoms in total. The second kappa shape index (κ2) is 9.48. The van der Waals surface area contributed by atoms with Crippen molar-refractivity contribution in [2.45, 2.75) is 24.4 Å². The van der Waals surface area contributed by atoms with E-state index in [1.54, 1.807) is 0 Å². The third-order valence-corrected chi connectivity index (χ3v) is 7.95. The maximum atomic E-state index is 11.4. The fraction of sp³-hybridized carbons (Fsp3) is 0.240. The Morgan fingerprint density at radius 1 is 0.871 bits per heavy atom. The summed E-state index contributed by atoms with van der Waals surface area (Å²) < 4.78 is 15.1. The third-order valence-electron chi connectivity index (χ3n) is 5.20. The number of ether oxygens (including phenoxy) is 2. The van der Waals surface area contributed by atoms with Gasteiger partial charge in [-0.2, -0.15) is 0 Å². The van der Waals surface area contributed by atoms with Crippen molar-refractivity contribution in [3.05, 3.63) is 66.7 Å². The maximum absolute atomic E-state index is 11.4. The minimum atomic E-state index is -0.900. The van der Waals surface area contributed by atoms with Crippen LogP contribution in [0.15, 0.2) is 66.7 Å². The molecule has 0 bridgehead atoms. The molecule has 0 aliphatic heterocycles. The summed E-state index contributed by atoms with van der Waals surface area (Å²) >= 11 is -0.900. The molecule has 0 unspecified atom stereocenters. The number of benzene rings is 3. The van der Waals surface area contributed by atoms with Gasteiger partial charge in [0, 0.05) is 10.9 Å². The first-order chi connectivity index (χ1) is 15.0. The Kier molecular flexibility index (Phi) is 6.52. The van der Waals surface area contributed by atoms with Crippen LogP contribution in [0.2, 0.25) is 11.4 Å². The van der Waals surface area contributed by atoms with Crippen LogP contribution >= 0.6 is 0 Å².